The predicted octanol–water partition coefficient (Wildman–Crippen LogP) is 3.06. The van der Waals surface area contributed by atoms with Crippen molar-refractivity contribution >= 4 is 17.5 Å². The first-order chi connectivity index (χ1) is 18.1. The minimum Gasteiger partial charge on any atom is -0.382 e. The van der Waals surface area contributed by atoms with Gasteiger partial charge in [-0.3, -0.25) is 9.36 Å². The van der Waals surface area contributed by atoms with Crippen LogP contribution in [0.3, 0.4) is 0 Å². The molecule has 4 rings (SSSR count). The zero-order valence-corrected chi connectivity index (χ0v) is 20.8. The monoisotopic (exact) mass is 549 g/mol. The summed E-state index contributed by atoms with van der Waals surface area (Å²) in [5, 5.41) is 21.3. The fourth-order valence-electron chi connectivity index (χ4n) is 3.62. The number of amides is 1. The quantitative estimate of drug-likeness (QED) is 0.331. The molecule has 2 aromatic heterocycles. The summed E-state index contributed by atoms with van der Waals surface area (Å²) in [6.45, 7) is 1.11. The number of carbonyl (C=O) groups excluding carboxylic acids is 1. The maximum Gasteiger partial charge on any atom is 0.416 e. The molecule has 200 valence electrons. The average Bonchev–Trinajstić information content (AvgIpc) is 3.47. The second-order valence-corrected chi connectivity index (χ2v) is 8.75. The van der Waals surface area contributed by atoms with Gasteiger partial charge >= 0.3 is 11.9 Å². The summed E-state index contributed by atoms with van der Waals surface area (Å²) in [6.07, 6.45) is -5.59. The maximum atomic E-state index is 13.1. The molecule has 38 heavy (non-hydrogen) atoms. The largest absolute Gasteiger partial charge is 0.416 e. The van der Waals surface area contributed by atoms with E-state index in [0.717, 1.165) is 15.7 Å². The summed E-state index contributed by atoms with van der Waals surface area (Å²) in [7, 11) is 0. The highest BCUT2D eigenvalue weighted by Gasteiger charge is 2.39. The zero-order chi connectivity index (χ0) is 27.4. The number of aliphatic hydroxyl groups is 1. The Kier molecular flexibility index (Phi) is 7.97. The fraction of sp³-hybridized carbons (Fsp3) is 0.292. The first-order valence-electron chi connectivity index (χ1n) is 11.5. The fourth-order valence-corrected chi connectivity index (χ4v) is 3.74. The van der Waals surface area contributed by atoms with Crippen LogP contribution in [0.4, 0.5) is 13.2 Å². The third-order valence-corrected chi connectivity index (χ3v) is 5.77. The van der Waals surface area contributed by atoms with Crippen LogP contribution >= 0.6 is 11.6 Å². The van der Waals surface area contributed by atoms with E-state index in [2.05, 4.69) is 20.5 Å². The molecule has 0 fully saturated rings. The molecule has 2 N–H and O–H groups in total. The van der Waals surface area contributed by atoms with Crippen LogP contribution in [-0.4, -0.2) is 59.0 Å². The molecule has 4 aromatic rings. The van der Waals surface area contributed by atoms with Crippen LogP contribution in [0.25, 0.3) is 17.1 Å². The normalized spacial score (nSPS) is 12.5. The van der Waals surface area contributed by atoms with Gasteiger partial charge in [-0.1, -0.05) is 30.7 Å². The molecule has 1 unspecified atom stereocenters. The number of rotatable bonds is 9. The molecule has 0 radical (unpaired) electrons. The number of halogens is 4. The summed E-state index contributed by atoms with van der Waals surface area (Å²) in [5.74, 6) is -0.253. The second-order valence-electron chi connectivity index (χ2n) is 8.32. The first-order valence-corrected chi connectivity index (χ1v) is 11.9. The maximum absolute atomic E-state index is 13.1. The molecule has 1 atom stereocenters. The number of benzene rings is 2. The number of hydrogen-bond acceptors (Lipinski definition) is 6. The molecule has 0 saturated carbocycles. The molecule has 0 bridgehead atoms. The van der Waals surface area contributed by atoms with Crippen molar-refractivity contribution in [2.75, 3.05) is 6.54 Å². The number of nitrogens with zero attached hydrogens (tertiary/aromatic N) is 6. The lowest BCUT2D eigenvalue weighted by Gasteiger charge is -2.15. The van der Waals surface area contributed by atoms with Gasteiger partial charge in [0.1, 0.15) is 12.9 Å². The van der Waals surface area contributed by atoms with Crippen LogP contribution in [0, 0.1) is 0 Å². The minimum absolute atomic E-state index is 0.0904. The van der Waals surface area contributed by atoms with Crippen LogP contribution in [-0.2, 0) is 13.1 Å². The summed E-state index contributed by atoms with van der Waals surface area (Å²) in [6, 6.07) is 12.8. The van der Waals surface area contributed by atoms with Crippen molar-refractivity contribution < 1.29 is 23.1 Å². The number of alkyl halides is 3. The number of aliphatic hydroxyl groups excluding tert-OH is 1. The Bertz CT molecular complexity index is 1480. The van der Waals surface area contributed by atoms with Crippen molar-refractivity contribution in [1.29, 1.82) is 0 Å². The van der Waals surface area contributed by atoms with E-state index in [4.69, 9.17) is 11.6 Å². The van der Waals surface area contributed by atoms with Gasteiger partial charge in [-0.25, -0.2) is 19.1 Å². The molecule has 0 aliphatic heterocycles. The van der Waals surface area contributed by atoms with Gasteiger partial charge in [0.15, 0.2) is 17.8 Å². The van der Waals surface area contributed by atoms with Gasteiger partial charge in [0.2, 0.25) is 0 Å². The standard InChI is InChI=1S/C24H23ClF3N7O3/c1-2-11-29-22(37)17-5-3-4-6-18(17)35-14-30-20(31-35)13-34-23(38)33(12-19(36)24(26,27)28)21(32-34)15-7-9-16(25)10-8-15/h3-10,14,19,36H,2,11-13H2,1H3,(H,29,37). The topological polar surface area (TPSA) is 120 Å². The van der Waals surface area contributed by atoms with E-state index in [0.29, 0.717) is 28.4 Å². The molecule has 2 aromatic carbocycles. The zero-order valence-electron chi connectivity index (χ0n) is 20.1. The smallest absolute Gasteiger partial charge is 0.382 e. The number of para-hydroxylation sites is 1. The van der Waals surface area contributed by atoms with E-state index >= 15 is 0 Å². The van der Waals surface area contributed by atoms with Crippen molar-refractivity contribution in [3.05, 3.63) is 81.8 Å². The molecular weight excluding hydrogens is 527 g/mol. The van der Waals surface area contributed by atoms with E-state index in [9.17, 15) is 27.9 Å². The Balaban J connectivity index is 1.67. The molecule has 1 amide bonds. The van der Waals surface area contributed by atoms with E-state index < -0.39 is 24.5 Å². The molecule has 0 spiro atoms. The Labute approximate surface area is 219 Å². The molecule has 14 heteroatoms. The average molecular weight is 550 g/mol. The number of carbonyl (C=O) groups is 1. The van der Waals surface area contributed by atoms with E-state index in [-0.39, 0.29) is 24.1 Å². The van der Waals surface area contributed by atoms with E-state index in [1.54, 1.807) is 24.3 Å². The Morgan fingerprint density at radius 1 is 1.13 bits per heavy atom. The van der Waals surface area contributed by atoms with Gasteiger partial charge in [0.25, 0.3) is 5.91 Å². The lowest BCUT2D eigenvalue weighted by atomic mass is 10.1. The molecule has 2 heterocycles. The molecule has 0 aliphatic carbocycles. The van der Waals surface area contributed by atoms with Crippen LogP contribution in [0.15, 0.2) is 59.7 Å². The third kappa shape index (κ3) is 5.94. The highest BCUT2D eigenvalue weighted by molar-refractivity contribution is 6.30. The van der Waals surface area contributed by atoms with Crippen LogP contribution < -0.4 is 11.0 Å². The third-order valence-electron chi connectivity index (χ3n) is 5.52. The van der Waals surface area contributed by atoms with Crippen molar-refractivity contribution in [2.45, 2.75) is 38.7 Å². The Morgan fingerprint density at radius 3 is 2.53 bits per heavy atom. The Hall–Kier alpha value is -3.97. The highest BCUT2D eigenvalue weighted by atomic mass is 35.5. The summed E-state index contributed by atoms with van der Waals surface area (Å²) in [4.78, 5) is 29.8. The predicted molar refractivity (Wildman–Crippen MR) is 132 cm³/mol. The van der Waals surface area contributed by atoms with E-state index in [1.807, 2.05) is 6.92 Å². The van der Waals surface area contributed by atoms with Crippen LogP contribution in [0.5, 0.6) is 0 Å². The van der Waals surface area contributed by atoms with Gasteiger partial charge in [0, 0.05) is 17.1 Å². The van der Waals surface area contributed by atoms with Gasteiger partial charge in [-0.2, -0.15) is 13.2 Å². The van der Waals surface area contributed by atoms with Crippen molar-refractivity contribution in [1.82, 2.24) is 34.4 Å². The lowest BCUT2D eigenvalue weighted by molar-refractivity contribution is -0.207. The van der Waals surface area contributed by atoms with E-state index in [1.165, 1.54) is 35.3 Å². The van der Waals surface area contributed by atoms with Gasteiger partial charge in [-0.15, -0.1) is 10.2 Å². The van der Waals surface area contributed by atoms with Crippen LogP contribution in [0.2, 0.25) is 5.02 Å². The first kappa shape index (κ1) is 27.1. The Morgan fingerprint density at radius 2 is 1.84 bits per heavy atom. The van der Waals surface area contributed by atoms with Crippen molar-refractivity contribution in [3.8, 4) is 17.1 Å². The number of hydrogen-bond donors (Lipinski definition) is 2. The van der Waals surface area contributed by atoms with Gasteiger partial charge < -0.3 is 10.4 Å². The minimum atomic E-state index is -4.93. The number of aromatic nitrogens is 6. The summed E-state index contributed by atoms with van der Waals surface area (Å²) in [5.41, 5.74) is 0.247. The summed E-state index contributed by atoms with van der Waals surface area (Å²) >= 11 is 5.91. The second kappa shape index (κ2) is 11.2. The van der Waals surface area contributed by atoms with Crippen LogP contribution in [0.1, 0.15) is 29.5 Å². The molecular formula is C24H23ClF3N7O3. The molecule has 0 aliphatic rings. The lowest BCUT2D eigenvalue weighted by Crippen LogP contribution is -2.37. The highest BCUT2D eigenvalue weighted by Crippen LogP contribution is 2.24. The molecule has 0 saturated heterocycles. The van der Waals surface area contributed by atoms with Crippen molar-refractivity contribution in [3.63, 3.8) is 0 Å². The van der Waals surface area contributed by atoms with Crippen molar-refractivity contribution in [2.24, 2.45) is 0 Å². The van der Waals surface area contributed by atoms with Gasteiger partial charge in [0.05, 0.1) is 17.8 Å². The summed E-state index contributed by atoms with van der Waals surface area (Å²) < 4.78 is 42.2. The van der Waals surface area contributed by atoms with Gasteiger partial charge in [-0.05, 0) is 42.8 Å². The number of nitrogens with one attached hydrogen (secondary N) is 1. The SMILES string of the molecule is CCCNC(=O)c1ccccc1-n1cnc(Cn2nc(-c3ccc(Cl)cc3)n(CC(O)C(F)(F)F)c2=O)n1. The molecule has 10 nitrogen and oxygen atoms in total.